The molecular formula is C17H22ClN3O5S. The lowest BCUT2D eigenvalue weighted by atomic mass is 10.2. The minimum Gasteiger partial charge on any atom is -0.452 e. The first-order valence-electron chi connectivity index (χ1n) is 8.84. The van der Waals surface area contributed by atoms with E-state index in [0.29, 0.717) is 30.8 Å². The maximum Gasteiger partial charge on any atom is 0.331 e. The van der Waals surface area contributed by atoms with Crippen molar-refractivity contribution in [1.82, 2.24) is 14.7 Å². The molecule has 0 N–H and O–H groups in total. The number of aryl methyl sites for hydroxylation is 1. The van der Waals surface area contributed by atoms with E-state index in [4.69, 9.17) is 16.3 Å². The van der Waals surface area contributed by atoms with Crippen LogP contribution in [-0.2, 0) is 24.2 Å². The average molecular weight is 416 g/mol. The third-order valence-electron chi connectivity index (χ3n) is 4.81. The van der Waals surface area contributed by atoms with Crippen LogP contribution in [0.5, 0.6) is 0 Å². The second kappa shape index (κ2) is 8.02. The summed E-state index contributed by atoms with van der Waals surface area (Å²) in [6.45, 7) is 2.86. The smallest absolute Gasteiger partial charge is 0.331 e. The van der Waals surface area contributed by atoms with E-state index < -0.39 is 15.8 Å². The van der Waals surface area contributed by atoms with Crippen LogP contribution in [0.3, 0.4) is 0 Å². The quantitative estimate of drug-likeness (QED) is 0.532. The van der Waals surface area contributed by atoms with Gasteiger partial charge in [0.1, 0.15) is 5.15 Å². The molecule has 0 bridgehead atoms. The predicted molar refractivity (Wildman–Crippen MR) is 100 cm³/mol. The zero-order chi connectivity index (χ0) is 19.6. The van der Waals surface area contributed by atoms with Crippen molar-refractivity contribution in [3.63, 3.8) is 0 Å². The van der Waals surface area contributed by atoms with Gasteiger partial charge in [0.15, 0.2) is 16.4 Å². The largest absolute Gasteiger partial charge is 0.452 e. The van der Waals surface area contributed by atoms with E-state index in [-0.39, 0.29) is 35.2 Å². The Hall–Kier alpha value is -1.87. The number of aromatic nitrogens is 2. The molecule has 10 heteroatoms. The Morgan fingerprint density at radius 3 is 2.67 bits per heavy atom. The molecule has 3 heterocycles. The highest BCUT2D eigenvalue weighted by Gasteiger charge is 2.31. The highest BCUT2D eigenvalue weighted by atomic mass is 35.5. The predicted octanol–water partition coefficient (Wildman–Crippen LogP) is 1.38. The molecule has 2 fully saturated rings. The number of halogens is 1. The molecule has 1 amide bonds. The Kier molecular flexibility index (Phi) is 5.90. The number of carbonyl (C=O) groups is 2. The number of likely N-dealkylation sites (tertiary alicyclic amines) is 1. The number of ether oxygens (including phenoxy) is 1. The number of hydrogen-bond acceptors (Lipinski definition) is 6. The fourth-order valence-electron chi connectivity index (χ4n) is 3.32. The molecule has 0 unspecified atom stereocenters. The standard InChI is InChI=1S/C17H22ClN3O5S/c1-12-14(17(18)21(19-12)13-6-9-27(24,25)11-13)4-5-16(23)26-10-15(22)20-7-2-3-8-20/h4-5,13H,2-3,6-11H2,1H3/b5-4+/t13-/m1/s1. The zero-order valence-corrected chi connectivity index (χ0v) is 16.6. The van der Waals surface area contributed by atoms with Crippen molar-refractivity contribution >= 4 is 39.4 Å². The number of esters is 1. The van der Waals surface area contributed by atoms with Crippen molar-refractivity contribution in [2.24, 2.45) is 0 Å². The van der Waals surface area contributed by atoms with Gasteiger partial charge in [-0.05, 0) is 32.3 Å². The van der Waals surface area contributed by atoms with Crippen LogP contribution in [0.25, 0.3) is 6.08 Å². The Morgan fingerprint density at radius 2 is 2.04 bits per heavy atom. The molecule has 3 rings (SSSR count). The first-order chi connectivity index (χ1) is 12.8. The lowest BCUT2D eigenvalue weighted by molar-refractivity contribution is -0.147. The Morgan fingerprint density at radius 1 is 1.33 bits per heavy atom. The number of rotatable bonds is 5. The van der Waals surface area contributed by atoms with Crippen LogP contribution < -0.4 is 0 Å². The van der Waals surface area contributed by atoms with Gasteiger partial charge < -0.3 is 9.64 Å². The summed E-state index contributed by atoms with van der Waals surface area (Å²) < 4.78 is 29.8. The summed E-state index contributed by atoms with van der Waals surface area (Å²) >= 11 is 6.34. The molecular weight excluding hydrogens is 394 g/mol. The summed E-state index contributed by atoms with van der Waals surface area (Å²) in [6, 6.07) is -0.298. The van der Waals surface area contributed by atoms with E-state index in [1.54, 1.807) is 11.8 Å². The number of sulfone groups is 1. The van der Waals surface area contributed by atoms with Gasteiger partial charge in [-0.25, -0.2) is 17.9 Å². The van der Waals surface area contributed by atoms with E-state index in [1.165, 1.54) is 16.8 Å². The molecule has 1 aromatic heterocycles. The summed E-state index contributed by atoms with van der Waals surface area (Å²) in [5.41, 5.74) is 1.12. The summed E-state index contributed by atoms with van der Waals surface area (Å²) in [5.74, 6) is -0.708. The Bertz CT molecular complexity index is 871. The first kappa shape index (κ1) is 19.9. The minimum atomic E-state index is -3.06. The number of carbonyl (C=O) groups excluding carboxylic acids is 2. The van der Waals surface area contributed by atoms with Crippen LogP contribution in [0.2, 0.25) is 5.15 Å². The summed E-state index contributed by atoms with van der Waals surface area (Å²) in [5, 5.41) is 4.60. The van der Waals surface area contributed by atoms with Gasteiger partial charge in [0, 0.05) is 24.7 Å². The van der Waals surface area contributed by atoms with E-state index in [9.17, 15) is 18.0 Å². The maximum absolute atomic E-state index is 11.9. The fraction of sp³-hybridized carbons (Fsp3) is 0.588. The molecule has 2 aliphatic heterocycles. The molecule has 0 saturated carbocycles. The van der Waals surface area contributed by atoms with Gasteiger partial charge >= 0.3 is 5.97 Å². The molecule has 0 spiro atoms. The van der Waals surface area contributed by atoms with E-state index in [0.717, 1.165) is 12.8 Å². The maximum atomic E-state index is 11.9. The topological polar surface area (TPSA) is 98.6 Å². The van der Waals surface area contributed by atoms with Crippen molar-refractivity contribution in [3.8, 4) is 0 Å². The van der Waals surface area contributed by atoms with Crippen molar-refractivity contribution in [1.29, 1.82) is 0 Å². The van der Waals surface area contributed by atoms with Gasteiger partial charge in [-0.1, -0.05) is 11.6 Å². The molecule has 1 aromatic rings. The van der Waals surface area contributed by atoms with Gasteiger partial charge in [-0.15, -0.1) is 0 Å². The first-order valence-corrected chi connectivity index (χ1v) is 11.0. The SMILES string of the molecule is Cc1nn([C@@H]2CCS(=O)(=O)C2)c(Cl)c1/C=C/C(=O)OCC(=O)N1CCCC1. The van der Waals surface area contributed by atoms with E-state index in [1.807, 2.05) is 0 Å². The molecule has 2 saturated heterocycles. The van der Waals surface area contributed by atoms with Crippen molar-refractivity contribution < 1.29 is 22.7 Å². The molecule has 2 aliphatic rings. The Balaban J connectivity index is 1.61. The monoisotopic (exact) mass is 415 g/mol. The van der Waals surface area contributed by atoms with Gasteiger partial charge in [0.2, 0.25) is 0 Å². The highest BCUT2D eigenvalue weighted by Crippen LogP contribution is 2.30. The molecule has 148 valence electrons. The normalized spacial score (nSPS) is 21.9. The summed E-state index contributed by atoms with van der Waals surface area (Å²) in [7, 11) is -3.06. The molecule has 8 nitrogen and oxygen atoms in total. The van der Waals surface area contributed by atoms with Crippen molar-refractivity contribution in [3.05, 3.63) is 22.5 Å². The third-order valence-corrected chi connectivity index (χ3v) is 6.94. The van der Waals surface area contributed by atoms with Crippen molar-refractivity contribution in [2.75, 3.05) is 31.2 Å². The number of hydrogen-bond donors (Lipinski definition) is 0. The second-order valence-electron chi connectivity index (χ2n) is 6.82. The average Bonchev–Trinajstić information content (AvgIpc) is 3.32. The molecule has 0 aromatic carbocycles. The fourth-order valence-corrected chi connectivity index (χ4v) is 5.39. The van der Waals surface area contributed by atoms with Crippen LogP contribution in [0, 0.1) is 6.92 Å². The highest BCUT2D eigenvalue weighted by molar-refractivity contribution is 7.91. The zero-order valence-electron chi connectivity index (χ0n) is 15.1. The van der Waals surface area contributed by atoms with Gasteiger partial charge in [0.05, 0.1) is 23.2 Å². The Labute approximate surface area is 163 Å². The van der Waals surface area contributed by atoms with E-state index >= 15 is 0 Å². The molecule has 1 atom stereocenters. The summed E-state index contributed by atoms with van der Waals surface area (Å²) in [6.07, 6.45) is 5.09. The summed E-state index contributed by atoms with van der Waals surface area (Å²) in [4.78, 5) is 25.4. The van der Waals surface area contributed by atoms with Gasteiger partial charge in [-0.2, -0.15) is 5.10 Å². The van der Waals surface area contributed by atoms with Crippen LogP contribution in [0.1, 0.15) is 36.6 Å². The van der Waals surface area contributed by atoms with E-state index in [2.05, 4.69) is 5.10 Å². The van der Waals surface area contributed by atoms with Gasteiger partial charge in [0.25, 0.3) is 5.91 Å². The third kappa shape index (κ3) is 4.70. The van der Waals surface area contributed by atoms with Crippen LogP contribution in [-0.4, -0.2) is 66.2 Å². The van der Waals surface area contributed by atoms with Crippen LogP contribution >= 0.6 is 11.6 Å². The van der Waals surface area contributed by atoms with Crippen LogP contribution in [0.15, 0.2) is 6.08 Å². The van der Waals surface area contributed by atoms with Crippen LogP contribution in [0.4, 0.5) is 0 Å². The number of amides is 1. The number of nitrogens with zero attached hydrogens (tertiary/aromatic N) is 3. The molecule has 27 heavy (non-hydrogen) atoms. The molecule has 0 radical (unpaired) electrons. The second-order valence-corrected chi connectivity index (χ2v) is 9.41. The lowest BCUT2D eigenvalue weighted by Crippen LogP contribution is -2.31. The lowest BCUT2D eigenvalue weighted by Gasteiger charge is -2.14. The molecule has 0 aliphatic carbocycles. The van der Waals surface area contributed by atoms with Crippen molar-refractivity contribution in [2.45, 2.75) is 32.2 Å². The minimum absolute atomic E-state index is 0.0116. The van der Waals surface area contributed by atoms with Gasteiger partial charge in [-0.3, -0.25) is 4.79 Å².